The lowest BCUT2D eigenvalue weighted by atomic mass is 9.33. The smallest absolute Gasteiger partial charge is 0.311 e. The van der Waals surface area contributed by atoms with Crippen LogP contribution in [0.5, 0.6) is 0 Å². The number of aryl methyl sites for hydroxylation is 2. The van der Waals surface area contributed by atoms with Gasteiger partial charge in [-0.05, 0) is 255 Å². The van der Waals surface area contributed by atoms with E-state index in [2.05, 4.69) is 363 Å². The molecule has 118 heavy (non-hydrogen) atoms. The maximum Gasteiger partial charge on any atom is 0.446 e. The van der Waals surface area contributed by atoms with E-state index in [1.165, 1.54) is 0 Å². The second kappa shape index (κ2) is 27.6. The number of nitrogens with zero attached hydrogens (tertiary/aromatic N) is 4. The van der Waals surface area contributed by atoms with E-state index >= 15 is 26.3 Å². The van der Waals surface area contributed by atoms with Gasteiger partial charge in [0.25, 0.3) is 13.4 Å². The SMILES string of the molecule is Cc1ccc(N2c3cc(SC(F)(F)F)cc4c3B(c3ccc5ccc(C(C)(C)C)cc5c32)c2ccc3ccc(C(C)(C)CCC(C)(C)c5ccc6ccc7c(c6c5)N(c5ccccc5C(C)(C)C)c5cc(SC(F)(F)F)cc6c5B7c5ccc7ccc(C(C)(C)C)cc7c5N6c5ccccc5C(C)(C)C)cc3c2N4c2ccc(C)cc2)cc1. The summed E-state index contributed by atoms with van der Waals surface area (Å²) in [6.07, 6.45) is 1.54. The third kappa shape index (κ3) is 13.5. The molecule has 0 aliphatic carbocycles. The molecule has 0 radical (unpaired) electrons. The molecule has 0 fully saturated rings. The van der Waals surface area contributed by atoms with Crippen molar-refractivity contribution in [3.8, 4) is 0 Å². The molecule has 0 saturated heterocycles. The van der Waals surface area contributed by atoms with E-state index in [4.69, 9.17) is 0 Å². The third-order valence-corrected chi connectivity index (χ3v) is 27.0. The molecule has 14 aromatic rings. The Kier molecular flexibility index (Phi) is 18.5. The second-order valence-corrected chi connectivity index (χ2v) is 41.1. The van der Waals surface area contributed by atoms with Crippen LogP contribution in [0.25, 0.3) is 43.1 Å². The molecule has 14 heteroatoms. The van der Waals surface area contributed by atoms with Crippen LogP contribution >= 0.6 is 23.5 Å². The summed E-state index contributed by atoms with van der Waals surface area (Å²) in [6.45, 7) is 39.3. The zero-order valence-electron chi connectivity index (χ0n) is 70.5. The van der Waals surface area contributed by atoms with Crippen LogP contribution in [0.15, 0.2) is 252 Å². The number of hydrogen-bond donors (Lipinski definition) is 0. The molecule has 0 aromatic heterocycles. The molecule has 4 heterocycles. The van der Waals surface area contributed by atoms with Gasteiger partial charge in [-0.1, -0.05) is 280 Å². The summed E-state index contributed by atoms with van der Waals surface area (Å²) in [5.41, 5.74) is 13.9. The highest BCUT2D eigenvalue weighted by molar-refractivity contribution is 8.00. The first kappa shape index (κ1) is 78.9. The lowest BCUT2D eigenvalue weighted by Crippen LogP contribution is -2.61. The molecule has 0 unspecified atom stereocenters. The number of rotatable bonds is 11. The minimum absolute atomic E-state index is 0.0524. The molecule has 14 aromatic carbocycles. The lowest BCUT2D eigenvalue weighted by Gasteiger charge is -2.46. The molecular formula is C104H98B2F6N4S2. The Bertz CT molecular complexity index is 6470. The van der Waals surface area contributed by atoms with Crippen molar-refractivity contribution < 1.29 is 26.3 Å². The van der Waals surface area contributed by atoms with Gasteiger partial charge in [-0.3, -0.25) is 0 Å². The molecule has 4 nitrogen and oxygen atoms in total. The van der Waals surface area contributed by atoms with E-state index in [0.29, 0.717) is 22.7 Å². The monoisotopic (exact) mass is 1600 g/mol. The number of para-hydroxylation sites is 2. The molecule has 0 N–H and O–H groups in total. The quantitative estimate of drug-likeness (QED) is 0.0722. The predicted octanol–water partition coefficient (Wildman–Crippen LogP) is 27.5. The summed E-state index contributed by atoms with van der Waals surface area (Å²) >= 11 is -0.118. The van der Waals surface area contributed by atoms with Crippen LogP contribution in [-0.2, 0) is 32.5 Å². The fraction of sp³-hybridized carbons (Fsp3) is 0.269. The molecule has 594 valence electrons. The lowest BCUT2D eigenvalue weighted by molar-refractivity contribution is -0.0337. The first-order valence-electron chi connectivity index (χ1n) is 41.3. The van der Waals surface area contributed by atoms with Crippen molar-refractivity contribution >= 4 is 181 Å². The van der Waals surface area contributed by atoms with Crippen molar-refractivity contribution in [1.29, 1.82) is 0 Å². The zero-order chi connectivity index (χ0) is 83.4. The Hall–Kier alpha value is -10.3. The summed E-state index contributed by atoms with van der Waals surface area (Å²) in [6, 6.07) is 86.2. The molecule has 0 spiro atoms. The van der Waals surface area contributed by atoms with Crippen LogP contribution in [-0.4, -0.2) is 24.4 Å². The fourth-order valence-corrected chi connectivity index (χ4v) is 20.5. The average molecular weight is 1600 g/mol. The van der Waals surface area contributed by atoms with Crippen molar-refractivity contribution in [3.63, 3.8) is 0 Å². The Morgan fingerprint density at radius 3 is 0.847 bits per heavy atom. The fourth-order valence-electron chi connectivity index (χ4n) is 19.3. The van der Waals surface area contributed by atoms with Gasteiger partial charge >= 0.3 is 11.0 Å². The molecule has 0 bridgehead atoms. The predicted molar refractivity (Wildman–Crippen MR) is 494 cm³/mol. The van der Waals surface area contributed by atoms with Crippen LogP contribution in [0.3, 0.4) is 0 Å². The van der Waals surface area contributed by atoms with Crippen LogP contribution in [0.4, 0.5) is 94.6 Å². The highest BCUT2D eigenvalue weighted by Gasteiger charge is 2.50. The van der Waals surface area contributed by atoms with Crippen LogP contribution in [0.1, 0.15) is 168 Å². The minimum atomic E-state index is -4.61. The number of hydrogen-bond acceptors (Lipinski definition) is 6. The van der Waals surface area contributed by atoms with Gasteiger partial charge in [0.1, 0.15) is 0 Å². The Morgan fingerprint density at radius 1 is 0.280 bits per heavy atom. The number of anilines is 12. The van der Waals surface area contributed by atoms with Crippen molar-refractivity contribution in [1.82, 2.24) is 0 Å². The average Bonchev–Trinajstić information content (AvgIpc) is 0.688. The second-order valence-electron chi connectivity index (χ2n) is 38.8. The molecule has 4 aliphatic rings. The molecule has 0 amide bonds. The van der Waals surface area contributed by atoms with Gasteiger partial charge in [0.05, 0.1) is 0 Å². The van der Waals surface area contributed by atoms with Crippen molar-refractivity contribution in [2.75, 3.05) is 19.6 Å². The van der Waals surface area contributed by atoms with Crippen LogP contribution < -0.4 is 52.4 Å². The van der Waals surface area contributed by atoms with Gasteiger partial charge in [-0.15, -0.1) is 0 Å². The Labute approximate surface area is 700 Å². The van der Waals surface area contributed by atoms with E-state index in [1.807, 2.05) is 12.1 Å². The van der Waals surface area contributed by atoms with Crippen molar-refractivity contribution in [2.45, 2.75) is 191 Å². The van der Waals surface area contributed by atoms with E-state index in [1.54, 1.807) is 12.1 Å². The van der Waals surface area contributed by atoms with Gasteiger partial charge in [0.2, 0.25) is 0 Å². The topological polar surface area (TPSA) is 13.0 Å². The number of fused-ring (bicyclic) bond motifs is 16. The largest absolute Gasteiger partial charge is 0.446 e. The van der Waals surface area contributed by atoms with E-state index in [9.17, 15) is 0 Å². The molecule has 4 aliphatic heterocycles. The van der Waals surface area contributed by atoms with Gasteiger partial charge in [-0.2, -0.15) is 26.3 Å². The molecular weight excluding hydrogens is 1500 g/mol. The maximum absolute atomic E-state index is 15.6. The van der Waals surface area contributed by atoms with Gasteiger partial charge < -0.3 is 19.6 Å². The molecule has 0 atom stereocenters. The Morgan fingerprint density at radius 2 is 0.551 bits per heavy atom. The number of thioether (sulfide) groups is 2. The zero-order valence-corrected chi connectivity index (χ0v) is 72.2. The number of halogens is 6. The minimum Gasteiger partial charge on any atom is -0.311 e. The first-order chi connectivity index (χ1) is 55.6. The van der Waals surface area contributed by atoms with Crippen molar-refractivity contribution in [2.24, 2.45) is 0 Å². The van der Waals surface area contributed by atoms with Crippen LogP contribution in [0, 0.1) is 13.8 Å². The van der Waals surface area contributed by atoms with Gasteiger partial charge in [0.15, 0.2) is 0 Å². The van der Waals surface area contributed by atoms with Crippen molar-refractivity contribution in [3.05, 3.63) is 287 Å². The highest BCUT2D eigenvalue weighted by Crippen LogP contribution is 2.56. The summed E-state index contributed by atoms with van der Waals surface area (Å²) < 4.78 is 92.9. The third-order valence-electron chi connectivity index (χ3n) is 25.6. The van der Waals surface area contributed by atoms with Gasteiger partial charge in [-0.25, -0.2) is 0 Å². The normalized spacial score (nSPS) is 14.3. The Balaban J connectivity index is 0.805. The first-order valence-corrected chi connectivity index (χ1v) is 42.9. The van der Waals surface area contributed by atoms with E-state index in [-0.39, 0.29) is 56.3 Å². The van der Waals surface area contributed by atoms with E-state index in [0.717, 1.165) is 179 Å². The summed E-state index contributed by atoms with van der Waals surface area (Å²) in [5, 5.41) is 8.19. The molecule has 0 saturated carbocycles. The van der Waals surface area contributed by atoms with Crippen LogP contribution in [0.2, 0.25) is 0 Å². The highest BCUT2D eigenvalue weighted by atomic mass is 32.2. The number of alkyl halides is 6. The summed E-state index contributed by atoms with van der Waals surface area (Å²) in [7, 11) is 0. The van der Waals surface area contributed by atoms with Gasteiger partial charge in [0, 0.05) is 99.6 Å². The summed E-state index contributed by atoms with van der Waals surface area (Å²) in [4.78, 5) is 9.34. The standard InChI is InChI=1S/C104H98B2F6N4S2/c1-61-27-43-71(44-28-61)113-87-57-73(117-103(107,108)109)58-88-91(87)105(81-47-35-63-31-39-67(97(3,4)5)53-75(63)93(81)113)82-48-36-65-33-41-69(55-77(65)94(82)114(88)72-45-29-62(2)30-46-72)101(15,16)51-52-102(17,18)70-42-34-66-38-50-84-96(78(66)56-70)116(86-26-22-20-24-80(86)100(12,13)14)90-60-74(118-104(110,111)112)59-89-92(90)106(84)83-49-37-64-32-40-68(98(6,7)8)54-76(64)95(83)115(89)85-25-21-19-23-79(85)99(9,10)11/h19-50,53-60H,51-52H2,1-18H3. The molecule has 18 rings (SSSR count). The number of benzene rings is 14. The maximum atomic E-state index is 15.6. The summed E-state index contributed by atoms with van der Waals surface area (Å²) in [5.74, 6) is 0. The van der Waals surface area contributed by atoms with E-state index < -0.39 is 34.0 Å².